The zero-order valence-electron chi connectivity index (χ0n) is 16.8. The van der Waals surface area contributed by atoms with Crippen LogP contribution in [0.2, 0.25) is 0 Å². The molecule has 0 saturated carbocycles. The summed E-state index contributed by atoms with van der Waals surface area (Å²) in [4.78, 5) is 0. The van der Waals surface area contributed by atoms with Crippen LogP contribution in [0.5, 0.6) is 0 Å². The molecule has 0 saturated heterocycles. The molecule has 4 aromatic rings. The van der Waals surface area contributed by atoms with E-state index in [4.69, 9.17) is 90.7 Å². The standard InChI is InChI=1S/C19H3B11O/c1-2-3-6-8(21)4(5-9(22)13(26)15(28)14(27)10(5)23)11(24)16(29)19(6)31-18(3)17(30)12(25)7(2)20/h1H3. The fourth-order valence-corrected chi connectivity index (χ4v) is 3.94. The lowest BCUT2D eigenvalue weighted by molar-refractivity contribution is 0.674. The number of rotatable bonds is 1. The molecule has 1 heterocycles. The van der Waals surface area contributed by atoms with Gasteiger partial charge in [-0.1, -0.05) is 32.8 Å². The van der Waals surface area contributed by atoms with Gasteiger partial charge >= 0.3 is 0 Å². The number of furan rings is 1. The summed E-state index contributed by atoms with van der Waals surface area (Å²) in [5.74, 6) is 0. The van der Waals surface area contributed by atoms with E-state index in [-0.39, 0.29) is 76.9 Å². The third kappa shape index (κ3) is 2.86. The van der Waals surface area contributed by atoms with Crippen molar-refractivity contribution in [3.8, 4) is 11.1 Å². The molecule has 0 spiro atoms. The Hall–Kier alpha value is -1.83. The van der Waals surface area contributed by atoms with Crippen molar-refractivity contribution in [3.63, 3.8) is 0 Å². The van der Waals surface area contributed by atoms with Gasteiger partial charge in [-0.05, 0) is 23.6 Å². The highest BCUT2D eigenvalue weighted by atomic mass is 16.3. The van der Waals surface area contributed by atoms with Gasteiger partial charge in [-0.25, -0.2) is 0 Å². The second-order valence-corrected chi connectivity index (χ2v) is 7.44. The number of hydrogen-bond acceptors (Lipinski definition) is 1. The zero-order chi connectivity index (χ0) is 23.1. The van der Waals surface area contributed by atoms with Crippen LogP contribution >= 0.6 is 0 Å². The molecule has 1 nitrogen and oxygen atoms in total. The van der Waals surface area contributed by atoms with Crippen molar-refractivity contribution in [1.82, 2.24) is 0 Å². The predicted molar refractivity (Wildman–Crippen MR) is 143 cm³/mol. The van der Waals surface area contributed by atoms with Crippen LogP contribution in [0.15, 0.2) is 4.42 Å². The molecule has 22 radical (unpaired) electrons. The second kappa shape index (κ2) is 7.36. The van der Waals surface area contributed by atoms with Crippen molar-refractivity contribution in [2.75, 3.05) is 0 Å². The van der Waals surface area contributed by atoms with Crippen molar-refractivity contribution in [2.45, 2.75) is 6.92 Å². The molecule has 0 aliphatic carbocycles. The Kier molecular flexibility index (Phi) is 5.31. The van der Waals surface area contributed by atoms with E-state index in [9.17, 15) is 0 Å². The number of fused-ring (bicyclic) bond motifs is 3. The smallest absolute Gasteiger partial charge is 0.127 e. The van der Waals surface area contributed by atoms with Crippen molar-refractivity contribution >= 4 is 168 Å². The maximum Gasteiger partial charge on any atom is 0.127 e. The molecule has 4 rings (SSSR count). The molecule has 0 aliphatic rings. The van der Waals surface area contributed by atoms with E-state index in [1.54, 1.807) is 6.92 Å². The normalized spacial score (nSPS) is 11.5. The Morgan fingerprint density at radius 1 is 0.387 bits per heavy atom. The third-order valence-corrected chi connectivity index (χ3v) is 5.80. The largest absolute Gasteiger partial charge is 0.457 e. The van der Waals surface area contributed by atoms with Gasteiger partial charge in [0.2, 0.25) is 0 Å². The lowest BCUT2D eigenvalue weighted by Crippen LogP contribution is -2.56. The first-order chi connectivity index (χ1) is 14.4. The highest BCUT2D eigenvalue weighted by molar-refractivity contribution is 6.70. The van der Waals surface area contributed by atoms with E-state index in [0.29, 0.717) is 21.8 Å². The molecule has 0 unspecified atom stereocenters. The van der Waals surface area contributed by atoms with Crippen molar-refractivity contribution in [2.24, 2.45) is 0 Å². The summed E-state index contributed by atoms with van der Waals surface area (Å²) in [6, 6.07) is 0. The van der Waals surface area contributed by atoms with Crippen LogP contribution in [0, 0.1) is 6.92 Å². The van der Waals surface area contributed by atoms with E-state index >= 15 is 0 Å². The lowest BCUT2D eigenvalue weighted by atomic mass is 9.57. The summed E-state index contributed by atoms with van der Waals surface area (Å²) >= 11 is 0. The molecule has 1 aromatic heterocycles. The average molecular weight is 366 g/mol. The van der Waals surface area contributed by atoms with Gasteiger partial charge in [-0.3, -0.25) is 0 Å². The van der Waals surface area contributed by atoms with Crippen LogP contribution in [0.1, 0.15) is 5.56 Å². The summed E-state index contributed by atoms with van der Waals surface area (Å²) in [6.07, 6.45) is 0. The highest BCUT2D eigenvalue weighted by Gasteiger charge is 2.23. The maximum absolute atomic E-state index is 6.58. The SMILES string of the molecule is [B]c1c([B])c([B])c(-c2c([B])c([B])c3oc4c([B])c([B])c([B])c(C)c4c3c2[B])c([B])c1[B]. The minimum atomic E-state index is 0.0497. The topological polar surface area (TPSA) is 13.1 Å². The van der Waals surface area contributed by atoms with Gasteiger partial charge in [0.15, 0.2) is 0 Å². The third-order valence-electron chi connectivity index (χ3n) is 5.80. The van der Waals surface area contributed by atoms with Gasteiger partial charge in [0.25, 0.3) is 0 Å². The van der Waals surface area contributed by atoms with E-state index in [0.717, 1.165) is 0 Å². The molecule has 0 amide bonds. The van der Waals surface area contributed by atoms with E-state index in [1.807, 2.05) is 0 Å². The first-order valence-corrected chi connectivity index (χ1v) is 9.08. The summed E-state index contributed by atoms with van der Waals surface area (Å²) in [6.45, 7) is 1.76. The Labute approximate surface area is 196 Å². The Morgan fingerprint density at radius 3 is 1.29 bits per heavy atom. The molecule has 3 aromatic carbocycles. The van der Waals surface area contributed by atoms with Gasteiger partial charge in [-0.15, -0.1) is 27.3 Å². The Bertz CT molecular complexity index is 1420. The molecule has 31 heavy (non-hydrogen) atoms. The predicted octanol–water partition coefficient (Wildman–Crippen LogP) is -7.71. The minimum Gasteiger partial charge on any atom is -0.457 e. The van der Waals surface area contributed by atoms with Crippen LogP contribution in [0.25, 0.3) is 33.1 Å². The molecule has 0 aliphatic heterocycles. The van der Waals surface area contributed by atoms with Crippen LogP contribution in [-0.4, -0.2) is 86.3 Å². The second-order valence-electron chi connectivity index (χ2n) is 7.44. The molecule has 0 atom stereocenters. The van der Waals surface area contributed by atoms with Gasteiger partial charge in [0.05, 0.1) is 0 Å². The summed E-state index contributed by atoms with van der Waals surface area (Å²) in [5.41, 5.74) is 2.87. The van der Waals surface area contributed by atoms with Crippen molar-refractivity contribution < 1.29 is 4.42 Å². The fourth-order valence-electron chi connectivity index (χ4n) is 3.94. The van der Waals surface area contributed by atoms with E-state index in [1.165, 1.54) is 0 Å². The summed E-state index contributed by atoms with van der Waals surface area (Å²) in [7, 11) is 68.0. The maximum atomic E-state index is 6.58. The zero-order valence-corrected chi connectivity index (χ0v) is 16.8. The first-order valence-electron chi connectivity index (χ1n) is 9.08. The average Bonchev–Trinajstić information content (AvgIpc) is 3.15. The van der Waals surface area contributed by atoms with E-state index in [2.05, 4.69) is 0 Å². The number of aryl methyl sites for hydroxylation is 1. The molecule has 0 bridgehead atoms. The molecule has 12 heteroatoms. The van der Waals surface area contributed by atoms with Crippen LogP contribution < -0.4 is 60.1 Å². The molecular weight excluding hydrogens is 363 g/mol. The van der Waals surface area contributed by atoms with Gasteiger partial charge < -0.3 is 4.42 Å². The van der Waals surface area contributed by atoms with Gasteiger partial charge in [0.1, 0.15) is 97.5 Å². The quantitative estimate of drug-likeness (QED) is 0.305. The van der Waals surface area contributed by atoms with Crippen molar-refractivity contribution in [1.29, 1.82) is 0 Å². The number of hydrogen-bond donors (Lipinski definition) is 0. The number of benzene rings is 3. The molecule has 0 N–H and O–H groups in total. The molecule has 118 valence electrons. The van der Waals surface area contributed by atoms with E-state index < -0.39 is 0 Å². The highest BCUT2D eigenvalue weighted by Crippen LogP contribution is 2.28. The van der Waals surface area contributed by atoms with Gasteiger partial charge in [0, 0.05) is 10.8 Å². The first kappa shape index (κ1) is 22.4. The summed E-state index contributed by atoms with van der Waals surface area (Å²) < 4.78 is 5.93. The van der Waals surface area contributed by atoms with Gasteiger partial charge in [-0.2, -0.15) is 0 Å². The van der Waals surface area contributed by atoms with Crippen LogP contribution in [-0.2, 0) is 0 Å². The van der Waals surface area contributed by atoms with Crippen molar-refractivity contribution in [3.05, 3.63) is 5.56 Å². The minimum absolute atomic E-state index is 0.0497. The molecular formula is C19H3B11O. The van der Waals surface area contributed by atoms with Crippen LogP contribution in [0.4, 0.5) is 0 Å². The molecule has 0 fully saturated rings. The Balaban J connectivity index is 2.30. The van der Waals surface area contributed by atoms with Crippen LogP contribution in [0.3, 0.4) is 0 Å². The monoisotopic (exact) mass is 368 g/mol. The Morgan fingerprint density at radius 2 is 0.742 bits per heavy atom. The lowest BCUT2D eigenvalue weighted by Gasteiger charge is -2.25. The fraction of sp³-hybridized carbons (Fsp3) is 0.0526. The summed E-state index contributed by atoms with van der Waals surface area (Å²) in [5, 5.41) is 0.971.